The van der Waals surface area contributed by atoms with Crippen LogP contribution in [0.3, 0.4) is 0 Å². The highest BCUT2D eigenvalue weighted by molar-refractivity contribution is 6.34. The molecule has 10 heteroatoms. The number of fused-ring (bicyclic) bond motifs is 1. The van der Waals surface area contributed by atoms with Crippen molar-refractivity contribution in [1.82, 2.24) is 4.98 Å². The molecule has 2 amide bonds. The second kappa shape index (κ2) is 7.43. The van der Waals surface area contributed by atoms with E-state index in [9.17, 15) is 22.8 Å². The highest BCUT2D eigenvalue weighted by atomic mass is 35.5. The molecule has 0 radical (unpaired) electrons. The molecule has 0 saturated heterocycles. The lowest BCUT2D eigenvalue weighted by atomic mass is 10.2. The van der Waals surface area contributed by atoms with Gasteiger partial charge in [0.15, 0.2) is 0 Å². The van der Waals surface area contributed by atoms with E-state index >= 15 is 0 Å². The Morgan fingerprint density at radius 3 is 2.46 bits per heavy atom. The van der Waals surface area contributed by atoms with Gasteiger partial charge in [-0.25, -0.2) is 0 Å². The Morgan fingerprint density at radius 2 is 1.82 bits per heavy atom. The highest BCUT2D eigenvalue weighted by Gasteiger charge is 2.31. The van der Waals surface area contributed by atoms with Crippen molar-refractivity contribution in [1.29, 1.82) is 0 Å². The fourth-order valence-corrected chi connectivity index (χ4v) is 2.74. The minimum Gasteiger partial charge on any atom is -0.406 e. The molecule has 3 N–H and O–H groups in total. The number of aromatic nitrogens is 1. The Hall–Kier alpha value is -3.20. The monoisotopic (exact) mass is 411 g/mol. The number of nitrogens with one attached hydrogen (secondary N) is 3. The van der Waals surface area contributed by atoms with Crippen molar-refractivity contribution >= 4 is 45.7 Å². The van der Waals surface area contributed by atoms with E-state index in [1.54, 1.807) is 6.07 Å². The number of hydrogen-bond donors (Lipinski definition) is 3. The van der Waals surface area contributed by atoms with Gasteiger partial charge in [0.05, 0.1) is 10.7 Å². The van der Waals surface area contributed by atoms with Crippen LogP contribution in [0.4, 0.5) is 24.5 Å². The van der Waals surface area contributed by atoms with E-state index in [0.717, 1.165) is 12.1 Å². The molecule has 2 aromatic carbocycles. The number of carbonyl (C=O) groups is 2. The third kappa shape index (κ3) is 4.74. The van der Waals surface area contributed by atoms with Gasteiger partial charge in [-0.1, -0.05) is 11.6 Å². The first-order valence-corrected chi connectivity index (χ1v) is 8.25. The van der Waals surface area contributed by atoms with Gasteiger partial charge in [-0.3, -0.25) is 9.59 Å². The van der Waals surface area contributed by atoms with Crippen molar-refractivity contribution in [2.45, 2.75) is 13.3 Å². The second-order valence-electron chi connectivity index (χ2n) is 5.81. The molecule has 0 unspecified atom stereocenters. The predicted octanol–water partition coefficient (Wildman–Crippen LogP) is 4.93. The molecule has 0 bridgehead atoms. The largest absolute Gasteiger partial charge is 0.573 e. The molecule has 1 aromatic heterocycles. The number of alkyl halides is 3. The van der Waals surface area contributed by atoms with Gasteiger partial charge < -0.3 is 20.4 Å². The second-order valence-corrected chi connectivity index (χ2v) is 6.22. The number of carbonyl (C=O) groups excluding carboxylic acids is 2. The number of ether oxygens (including phenoxy) is 1. The van der Waals surface area contributed by atoms with Crippen LogP contribution in [0.1, 0.15) is 17.4 Å². The van der Waals surface area contributed by atoms with Crippen LogP contribution in [0.5, 0.6) is 5.75 Å². The number of H-pyrrole nitrogens is 1. The molecule has 6 nitrogen and oxygen atoms in total. The molecule has 3 aromatic rings. The van der Waals surface area contributed by atoms with E-state index in [2.05, 4.69) is 20.4 Å². The first-order valence-electron chi connectivity index (χ1n) is 7.88. The van der Waals surface area contributed by atoms with E-state index in [-0.39, 0.29) is 16.6 Å². The van der Waals surface area contributed by atoms with Crippen molar-refractivity contribution in [2.75, 3.05) is 10.6 Å². The van der Waals surface area contributed by atoms with E-state index in [0.29, 0.717) is 22.3 Å². The molecular formula is C18H13ClF3N3O3. The molecule has 0 saturated carbocycles. The van der Waals surface area contributed by atoms with E-state index < -0.39 is 18.0 Å². The zero-order valence-corrected chi connectivity index (χ0v) is 15.0. The Kier molecular flexibility index (Phi) is 5.19. The van der Waals surface area contributed by atoms with Crippen LogP contribution in [0.2, 0.25) is 5.02 Å². The average molecular weight is 412 g/mol. The van der Waals surface area contributed by atoms with Crippen molar-refractivity contribution in [3.05, 3.63) is 53.2 Å². The van der Waals surface area contributed by atoms with Crippen LogP contribution < -0.4 is 15.4 Å². The lowest BCUT2D eigenvalue weighted by molar-refractivity contribution is -0.274. The summed E-state index contributed by atoms with van der Waals surface area (Å²) < 4.78 is 40.8. The van der Waals surface area contributed by atoms with Crippen molar-refractivity contribution < 1.29 is 27.5 Å². The highest BCUT2D eigenvalue weighted by Crippen LogP contribution is 2.28. The quantitative estimate of drug-likeness (QED) is 0.569. The molecule has 28 heavy (non-hydrogen) atoms. The summed E-state index contributed by atoms with van der Waals surface area (Å²) in [6.45, 7) is 1.35. The Bertz CT molecular complexity index is 1060. The summed E-state index contributed by atoms with van der Waals surface area (Å²) in [6, 6.07) is 9.75. The molecule has 1 heterocycles. The lowest BCUT2D eigenvalue weighted by Crippen LogP contribution is -2.16. The standard InChI is InChI=1S/C18H13ClF3N3O3/c1-9(26)23-11-3-5-14(13(19)7-11)25-17(27)16-6-10-2-4-12(8-15(10)24-16)28-18(20,21)22/h2-8,24H,1H3,(H,23,26)(H,25,27). The molecular weight excluding hydrogens is 399 g/mol. The Morgan fingerprint density at radius 1 is 1.07 bits per heavy atom. The maximum Gasteiger partial charge on any atom is 0.573 e. The van der Waals surface area contributed by atoms with Crippen LogP contribution >= 0.6 is 11.6 Å². The molecule has 0 fully saturated rings. The minimum absolute atomic E-state index is 0.126. The number of rotatable bonds is 4. The van der Waals surface area contributed by atoms with Crippen molar-refractivity contribution in [3.8, 4) is 5.75 Å². The van der Waals surface area contributed by atoms with Gasteiger partial charge in [0, 0.05) is 29.6 Å². The summed E-state index contributed by atoms with van der Waals surface area (Å²) in [4.78, 5) is 26.2. The van der Waals surface area contributed by atoms with Crippen LogP contribution in [-0.4, -0.2) is 23.2 Å². The number of benzene rings is 2. The molecule has 0 aliphatic heterocycles. The van der Waals surface area contributed by atoms with Gasteiger partial charge in [-0.15, -0.1) is 13.2 Å². The number of halogens is 4. The summed E-state index contributed by atoms with van der Waals surface area (Å²) in [5, 5.41) is 5.90. The maximum absolute atomic E-state index is 12.4. The number of hydrogen-bond acceptors (Lipinski definition) is 3. The van der Waals surface area contributed by atoms with Crippen LogP contribution in [-0.2, 0) is 4.79 Å². The zero-order valence-electron chi connectivity index (χ0n) is 14.3. The third-order valence-corrected chi connectivity index (χ3v) is 3.92. The first kappa shape index (κ1) is 19.6. The fourth-order valence-electron chi connectivity index (χ4n) is 2.51. The smallest absolute Gasteiger partial charge is 0.406 e. The molecule has 3 rings (SSSR count). The maximum atomic E-state index is 12.4. The predicted molar refractivity (Wildman–Crippen MR) is 98.7 cm³/mol. The molecule has 0 spiro atoms. The summed E-state index contributed by atoms with van der Waals surface area (Å²) in [7, 11) is 0. The average Bonchev–Trinajstić information content (AvgIpc) is 2.98. The normalized spacial score (nSPS) is 11.3. The summed E-state index contributed by atoms with van der Waals surface area (Å²) >= 11 is 6.11. The lowest BCUT2D eigenvalue weighted by Gasteiger charge is -2.09. The molecule has 0 aliphatic rings. The zero-order chi connectivity index (χ0) is 20.5. The Labute approximate surface area is 161 Å². The fraction of sp³-hybridized carbons (Fsp3) is 0.111. The van der Waals surface area contributed by atoms with Gasteiger partial charge in [0.2, 0.25) is 5.91 Å². The van der Waals surface area contributed by atoms with Crippen molar-refractivity contribution in [3.63, 3.8) is 0 Å². The minimum atomic E-state index is -4.80. The molecule has 0 aliphatic carbocycles. The topological polar surface area (TPSA) is 83.2 Å². The van der Waals surface area contributed by atoms with Gasteiger partial charge in [-0.05, 0) is 36.4 Å². The van der Waals surface area contributed by atoms with Crippen LogP contribution in [0, 0.1) is 0 Å². The van der Waals surface area contributed by atoms with Gasteiger partial charge in [0.1, 0.15) is 11.4 Å². The van der Waals surface area contributed by atoms with Gasteiger partial charge in [-0.2, -0.15) is 0 Å². The number of aromatic amines is 1. The number of amides is 2. The number of anilines is 2. The van der Waals surface area contributed by atoms with E-state index in [1.807, 2.05) is 0 Å². The van der Waals surface area contributed by atoms with Crippen LogP contribution in [0.25, 0.3) is 10.9 Å². The van der Waals surface area contributed by atoms with E-state index in [1.165, 1.54) is 31.2 Å². The molecule has 0 atom stereocenters. The summed E-state index contributed by atoms with van der Waals surface area (Å²) in [5.41, 5.74) is 1.21. The van der Waals surface area contributed by atoms with Gasteiger partial charge >= 0.3 is 6.36 Å². The summed E-state index contributed by atoms with van der Waals surface area (Å²) in [5.74, 6) is -1.20. The molecule has 146 valence electrons. The van der Waals surface area contributed by atoms with Gasteiger partial charge in [0.25, 0.3) is 5.91 Å². The SMILES string of the molecule is CC(=O)Nc1ccc(NC(=O)c2cc3ccc(OC(F)(F)F)cc3[nH]2)c(Cl)c1. The van der Waals surface area contributed by atoms with Crippen LogP contribution in [0.15, 0.2) is 42.5 Å². The van der Waals surface area contributed by atoms with E-state index in [4.69, 9.17) is 11.6 Å². The van der Waals surface area contributed by atoms with Crippen molar-refractivity contribution in [2.24, 2.45) is 0 Å². The summed E-state index contributed by atoms with van der Waals surface area (Å²) in [6.07, 6.45) is -4.80. The Balaban J connectivity index is 1.79. The third-order valence-electron chi connectivity index (χ3n) is 3.61. The first-order chi connectivity index (χ1) is 13.1.